The van der Waals surface area contributed by atoms with Gasteiger partial charge in [0.15, 0.2) is 5.78 Å². The highest BCUT2D eigenvalue weighted by Crippen LogP contribution is 2.15. The lowest BCUT2D eigenvalue weighted by Gasteiger charge is -2.27. The van der Waals surface area contributed by atoms with Gasteiger partial charge in [-0.1, -0.05) is 0 Å². The molecule has 0 aromatic heterocycles. The van der Waals surface area contributed by atoms with Gasteiger partial charge in [0.25, 0.3) is 0 Å². The van der Waals surface area contributed by atoms with Gasteiger partial charge in [-0.2, -0.15) is 0 Å². The molecule has 84 valence electrons. The first-order chi connectivity index (χ1) is 7.00. The van der Waals surface area contributed by atoms with E-state index in [0.717, 1.165) is 0 Å². The highest BCUT2D eigenvalue weighted by molar-refractivity contribution is 5.93. The van der Waals surface area contributed by atoms with Crippen LogP contribution in [0.3, 0.4) is 0 Å². The van der Waals surface area contributed by atoms with Crippen LogP contribution in [0.15, 0.2) is 0 Å². The third kappa shape index (κ3) is 3.12. The average Bonchev–Trinajstić information content (AvgIpc) is 2.10. The molecule has 0 aromatic rings. The molecule has 4 N–H and O–H groups in total. The van der Waals surface area contributed by atoms with Gasteiger partial charge in [0.2, 0.25) is 0 Å². The molecule has 7 heteroatoms. The zero-order valence-corrected chi connectivity index (χ0v) is 7.90. The number of carbonyl (C=O) groups excluding carboxylic acids is 1. The summed E-state index contributed by atoms with van der Waals surface area (Å²) in [5.41, 5.74) is 0. The van der Waals surface area contributed by atoms with E-state index in [1.54, 1.807) is 0 Å². The molecule has 0 heterocycles. The Bertz CT molecular complexity index is 265. The lowest BCUT2D eigenvalue weighted by molar-refractivity contribution is -0.124. The monoisotopic (exact) mass is 216 g/mol. The van der Waals surface area contributed by atoms with Crippen molar-refractivity contribution in [2.75, 3.05) is 0 Å². The predicted molar refractivity (Wildman–Crippen MR) is 48.8 cm³/mol. The molecule has 1 rings (SSSR count). The number of hydrogen-bond donors (Lipinski definition) is 4. The Morgan fingerprint density at radius 1 is 1.07 bits per heavy atom. The number of ketones is 1. The summed E-state index contributed by atoms with van der Waals surface area (Å²) in [6.07, 6.45) is -1.10. The molecule has 0 spiro atoms. The highest BCUT2D eigenvalue weighted by atomic mass is 16.4. The van der Waals surface area contributed by atoms with Crippen molar-refractivity contribution in [3.8, 4) is 0 Å². The molecule has 1 aliphatic carbocycles. The van der Waals surface area contributed by atoms with Crippen LogP contribution in [0.1, 0.15) is 19.3 Å². The molecule has 1 saturated carbocycles. The van der Waals surface area contributed by atoms with Crippen LogP contribution in [-0.2, 0) is 4.79 Å². The Balaban J connectivity index is 2.58. The minimum atomic E-state index is -1.27. The normalized spacial score (nSPS) is 25.7. The van der Waals surface area contributed by atoms with Crippen molar-refractivity contribution in [3.63, 3.8) is 0 Å². The molecule has 0 saturated heterocycles. The van der Waals surface area contributed by atoms with Gasteiger partial charge in [0.05, 0.1) is 12.1 Å². The van der Waals surface area contributed by atoms with E-state index in [1.165, 1.54) is 0 Å². The summed E-state index contributed by atoms with van der Waals surface area (Å²) < 4.78 is 0. The van der Waals surface area contributed by atoms with Crippen LogP contribution in [0.5, 0.6) is 0 Å². The van der Waals surface area contributed by atoms with E-state index < -0.39 is 30.1 Å². The largest absolute Gasteiger partial charge is 0.465 e. The zero-order chi connectivity index (χ0) is 11.4. The van der Waals surface area contributed by atoms with E-state index in [1.807, 2.05) is 0 Å². The molecule has 0 bridgehead atoms. The lowest BCUT2D eigenvalue weighted by atomic mass is 9.90. The Kier molecular flexibility index (Phi) is 3.48. The molecule has 1 fully saturated rings. The van der Waals surface area contributed by atoms with E-state index in [0.29, 0.717) is 19.3 Å². The van der Waals surface area contributed by atoms with Crippen LogP contribution in [0, 0.1) is 0 Å². The Morgan fingerprint density at radius 2 is 1.47 bits per heavy atom. The van der Waals surface area contributed by atoms with Crippen LogP contribution < -0.4 is 10.6 Å². The first-order valence-corrected chi connectivity index (χ1v) is 4.53. The molecular formula is C8H12N2O5. The van der Waals surface area contributed by atoms with Crippen LogP contribution in [0.25, 0.3) is 0 Å². The molecule has 1 aliphatic rings. The standard InChI is InChI=1S/C8H12N2O5/c11-6-4(9-7(12)13)2-1-3-5(6)10-8(14)15/h4-5,9-10H,1-3H2,(H,12,13)(H,14,15). The summed E-state index contributed by atoms with van der Waals surface area (Å²) >= 11 is 0. The second-order valence-corrected chi connectivity index (χ2v) is 3.34. The van der Waals surface area contributed by atoms with Crippen molar-refractivity contribution >= 4 is 18.0 Å². The average molecular weight is 216 g/mol. The number of carboxylic acid groups (broad SMARTS) is 2. The van der Waals surface area contributed by atoms with Gasteiger partial charge in [-0.05, 0) is 19.3 Å². The van der Waals surface area contributed by atoms with Crippen molar-refractivity contribution < 1.29 is 24.6 Å². The van der Waals surface area contributed by atoms with Crippen molar-refractivity contribution in [1.29, 1.82) is 0 Å². The quantitative estimate of drug-likeness (QED) is 0.519. The summed E-state index contributed by atoms with van der Waals surface area (Å²) in [4.78, 5) is 32.2. The Hall–Kier alpha value is -1.79. The lowest BCUT2D eigenvalue weighted by Crippen LogP contribution is -2.53. The van der Waals surface area contributed by atoms with Gasteiger partial charge in [-0.25, -0.2) is 9.59 Å². The number of carbonyl (C=O) groups is 3. The van der Waals surface area contributed by atoms with Gasteiger partial charge < -0.3 is 20.8 Å². The first kappa shape index (κ1) is 11.3. The molecule has 7 nitrogen and oxygen atoms in total. The third-order valence-corrected chi connectivity index (χ3v) is 2.27. The van der Waals surface area contributed by atoms with Crippen molar-refractivity contribution in [2.24, 2.45) is 0 Å². The predicted octanol–water partition coefficient (Wildman–Crippen LogP) is 0.0118. The summed E-state index contributed by atoms with van der Waals surface area (Å²) in [6.45, 7) is 0. The fraction of sp³-hybridized carbons (Fsp3) is 0.625. The molecule has 0 radical (unpaired) electrons. The van der Waals surface area contributed by atoms with Crippen molar-refractivity contribution in [2.45, 2.75) is 31.3 Å². The number of amides is 2. The van der Waals surface area contributed by atoms with Gasteiger partial charge >= 0.3 is 12.2 Å². The number of Topliss-reactive ketones (excluding diaryl/α,β-unsaturated/α-hetero) is 1. The third-order valence-electron chi connectivity index (χ3n) is 2.27. The summed E-state index contributed by atoms with van der Waals surface area (Å²) in [5, 5.41) is 21.0. The number of rotatable bonds is 2. The molecule has 2 unspecified atom stereocenters. The van der Waals surface area contributed by atoms with Crippen LogP contribution in [0.2, 0.25) is 0 Å². The minimum absolute atomic E-state index is 0.411. The van der Waals surface area contributed by atoms with Crippen molar-refractivity contribution in [1.82, 2.24) is 10.6 Å². The smallest absolute Gasteiger partial charge is 0.405 e. The van der Waals surface area contributed by atoms with Gasteiger partial charge in [-0.15, -0.1) is 0 Å². The zero-order valence-electron chi connectivity index (χ0n) is 7.90. The summed E-state index contributed by atoms with van der Waals surface area (Å²) in [7, 11) is 0. The Labute approximate surface area is 85.5 Å². The summed E-state index contributed by atoms with van der Waals surface area (Å²) in [5.74, 6) is -0.411. The van der Waals surface area contributed by atoms with E-state index >= 15 is 0 Å². The SMILES string of the molecule is O=C(O)NC1CCCC(NC(=O)O)C1=O. The molecule has 0 aromatic carbocycles. The van der Waals surface area contributed by atoms with E-state index in [2.05, 4.69) is 10.6 Å². The van der Waals surface area contributed by atoms with Crippen molar-refractivity contribution in [3.05, 3.63) is 0 Å². The van der Waals surface area contributed by atoms with Crippen LogP contribution in [-0.4, -0.2) is 40.3 Å². The van der Waals surface area contributed by atoms with Gasteiger partial charge in [-0.3, -0.25) is 4.79 Å². The van der Waals surface area contributed by atoms with Gasteiger partial charge in [0.1, 0.15) is 0 Å². The fourth-order valence-electron chi connectivity index (χ4n) is 1.64. The van der Waals surface area contributed by atoms with Crippen LogP contribution >= 0.6 is 0 Å². The molecule has 2 amide bonds. The maximum absolute atomic E-state index is 11.5. The van der Waals surface area contributed by atoms with E-state index in [-0.39, 0.29) is 0 Å². The maximum Gasteiger partial charge on any atom is 0.405 e. The Morgan fingerprint density at radius 3 is 1.80 bits per heavy atom. The summed E-state index contributed by atoms with van der Waals surface area (Å²) in [6, 6.07) is -1.60. The van der Waals surface area contributed by atoms with E-state index in [9.17, 15) is 14.4 Å². The van der Waals surface area contributed by atoms with E-state index in [4.69, 9.17) is 10.2 Å². The second-order valence-electron chi connectivity index (χ2n) is 3.34. The molecule has 15 heavy (non-hydrogen) atoms. The second kappa shape index (κ2) is 4.63. The molecule has 2 atom stereocenters. The fourth-order valence-corrected chi connectivity index (χ4v) is 1.64. The first-order valence-electron chi connectivity index (χ1n) is 4.53. The maximum atomic E-state index is 11.5. The number of nitrogens with one attached hydrogen (secondary N) is 2. The van der Waals surface area contributed by atoms with Gasteiger partial charge in [0, 0.05) is 0 Å². The van der Waals surface area contributed by atoms with Crippen LogP contribution in [0.4, 0.5) is 9.59 Å². The topological polar surface area (TPSA) is 116 Å². The highest BCUT2D eigenvalue weighted by Gasteiger charge is 2.32. The molecular weight excluding hydrogens is 204 g/mol. The minimum Gasteiger partial charge on any atom is -0.465 e. The number of hydrogen-bond acceptors (Lipinski definition) is 3. The molecule has 0 aliphatic heterocycles.